The van der Waals surface area contributed by atoms with Crippen molar-refractivity contribution in [1.29, 1.82) is 0 Å². The fourth-order valence-electron chi connectivity index (χ4n) is 1.24. The van der Waals surface area contributed by atoms with E-state index in [0.29, 0.717) is 0 Å². The summed E-state index contributed by atoms with van der Waals surface area (Å²) in [5.41, 5.74) is 0.939. The SMILES string of the molecule is [CH-]=Cc1[c-]cc2ccccc2c1.[Y]. The first-order chi connectivity index (χ1) is 5.90. The van der Waals surface area contributed by atoms with E-state index >= 15 is 0 Å². The van der Waals surface area contributed by atoms with Crippen LogP contribution < -0.4 is 0 Å². The van der Waals surface area contributed by atoms with Crippen molar-refractivity contribution in [3.63, 3.8) is 0 Å². The summed E-state index contributed by atoms with van der Waals surface area (Å²) in [5.74, 6) is 0. The zero-order valence-corrected chi connectivity index (χ0v) is 10.0. The fraction of sp³-hybridized carbons (Fsp3) is 0. The van der Waals surface area contributed by atoms with Crippen LogP contribution in [0.3, 0.4) is 0 Å². The van der Waals surface area contributed by atoms with Crippen molar-refractivity contribution in [2.75, 3.05) is 0 Å². The van der Waals surface area contributed by atoms with Crippen LogP contribution in [0.4, 0.5) is 0 Å². The Bertz CT molecular complexity index is 418. The molecule has 0 atom stereocenters. The van der Waals surface area contributed by atoms with Crippen LogP contribution in [0, 0.1) is 12.6 Å². The van der Waals surface area contributed by atoms with Gasteiger partial charge in [0.2, 0.25) is 0 Å². The summed E-state index contributed by atoms with van der Waals surface area (Å²) in [5, 5.41) is 2.40. The monoisotopic (exact) mass is 241 g/mol. The van der Waals surface area contributed by atoms with E-state index in [0.717, 1.165) is 5.56 Å². The molecule has 0 nitrogen and oxygen atoms in total. The largest absolute Gasteiger partial charge is 0.344 e. The van der Waals surface area contributed by atoms with Gasteiger partial charge in [0.05, 0.1) is 0 Å². The molecule has 2 rings (SSSR count). The zero-order chi connectivity index (χ0) is 8.39. The molecule has 0 bridgehead atoms. The Balaban J connectivity index is 0.000000845. The third-order valence-corrected chi connectivity index (χ3v) is 1.88. The number of rotatable bonds is 1. The molecule has 61 valence electrons. The van der Waals surface area contributed by atoms with E-state index in [4.69, 9.17) is 6.58 Å². The molecule has 2 aromatic carbocycles. The van der Waals surface area contributed by atoms with Gasteiger partial charge >= 0.3 is 0 Å². The predicted octanol–water partition coefficient (Wildman–Crippen LogP) is 3.08. The minimum atomic E-state index is 0. The van der Waals surface area contributed by atoms with Crippen LogP contribution in [0.15, 0.2) is 36.4 Å². The summed E-state index contributed by atoms with van der Waals surface area (Å²) in [6, 6.07) is 15.2. The van der Waals surface area contributed by atoms with E-state index in [9.17, 15) is 0 Å². The maximum absolute atomic E-state index is 5.38. The molecule has 0 aliphatic rings. The summed E-state index contributed by atoms with van der Waals surface area (Å²) in [7, 11) is 0. The Morgan fingerprint density at radius 1 is 1.15 bits per heavy atom. The maximum Gasteiger partial charge on any atom is 0 e. The van der Waals surface area contributed by atoms with Gasteiger partial charge in [-0.3, -0.25) is 0 Å². The third kappa shape index (κ3) is 2.27. The van der Waals surface area contributed by atoms with E-state index < -0.39 is 0 Å². The number of hydrogen-bond acceptors (Lipinski definition) is 0. The Morgan fingerprint density at radius 3 is 2.54 bits per heavy atom. The minimum absolute atomic E-state index is 0. The number of benzene rings is 2. The van der Waals surface area contributed by atoms with Gasteiger partial charge in [-0.1, -0.05) is 24.3 Å². The molecule has 0 unspecified atom stereocenters. The average Bonchev–Trinajstić information content (AvgIpc) is 2.17. The van der Waals surface area contributed by atoms with Gasteiger partial charge in [0, 0.05) is 32.7 Å². The second-order valence-electron chi connectivity index (χ2n) is 2.68. The molecule has 0 aliphatic heterocycles. The molecule has 13 heavy (non-hydrogen) atoms. The van der Waals surface area contributed by atoms with Crippen LogP contribution in [0.2, 0.25) is 0 Å². The van der Waals surface area contributed by atoms with E-state index in [1.165, 1.54) is 10.8 Å². The summed E-state index contributed by atoms with van der Waals surface area (Å²) in [4.78, 5) is 0. The van der Waals surface area contributed by atoms with Crippen molar-refractivity contribution in [3.05, 3.63) is 54.6 Å². The quantitative estimate of drug-likeness (QED) is 0.673. The molecule has 1 radical (unpaired) electrons. The normalized spacial score (nSPS) is 9.23. The van der Waals surface area contributed by atoms with Crippen molar-refractivity contribution in [2.24, 2.45) is 0 Å². The first-order valence-electron chi connectivity index (χ1n) is 3.85. The van der Waals surface area contributed by atoms with Gasteiger partial charge < -0.3 is 18.2 Å². The van der Waals surface area contributed by atoms with Gasteiger partial charge in [0.1, 0.15) is 0 Å². The van der Waals surface area contributed by atoms with Gasteiger partial charge in [-0.05, 0) is 0 Å². The van der Waals surface area contributed by atoms with Gasteiger partial charge in [0.15, 0.2) is 0 Å². The fourth-order valence-corrected chi connectivity index (χ4v) is 1.24. The molecule has 0 amide bonds. The van der Waals surface area contributed by atoms with Crippen molar-refractivity contribution in [3.8, 4) is 0 Å². The third-order valence-electron chi connectivity index (χ3n) is 1.88. The van der Waals surface area contributed by atoms with Crippen molar-refractivity contribution < 1.29 is 32.7 Å². The second kappa shape index (κ2) is 4.69. The van der Waals surface area contributed by atoms with E-state index in [1.807, 2.05) is 24.3 Å². The Kier molecular flexibility index (Phi) is 3.83. The van der Waals surface area contributed by atoms with Gasteiger partial charge in [-0.25, -0.2) is 12.1 Å². The van der Waals surface area contributed by atoms with Crippen LogP contribution in [-0.4, -0.2) is 0 Å². The van der Waals surface area contributed by atoms with E-state index in [1.54, 1.807) is 6.08 Å². The van der Waals surface area contributed by atoms with E-state index in [2.05, 4.69) is 18.2 Å². The summed E-state index contributed by atoms with van der Waals surface area (Å²) >= 11 is 0. The van der Waals surface area contributed by atoms with Crippen molar-refractivity contribution in [2.45, 2.75) is 0 Å². The number of fused-ring (bicyclic) bond motifs is 1. The van der Waals surface area contributed by atoms with Crippen LogP contribution in [-0.2, 0) is 32.7 Å². The molecule has 0 heterocycles. The molecule has 0 aliphatic carbocycles. The van der Waals surface area contributed by atoms with Crippen molar-refractivity contribution >= 4 is 16.8 Å². The molecule has 0 fully saturated rings. The van der Waals surface area contributed by atoms with Crippen LogP contribution >= 0.6 is 0 Å². The molecule has 0 saturated heterocycles. The smallest absolute Gasteiger partial charge is 0 e. The summed E-state index contributed by atoms with van der Waals surface area (Å²) in [6.07, 6.45) is 1.56. The molecule has 0 saturated carbocycles. The Labute approximate surface area is 104 Å². The van der Waals surface area contributed by atoms with Gasteiger partial charge in [-0.2, -0.15) is 6.07 Å². The maximum atomic E-state index is 5.38. The van der Waals surface area contributed by atoms with Gasteiger partial charge in [-0.15, -0.1) is 10.8 Å². The van der Waals surface area contributed by atoms with Crippen LogP contribution in [0.1, 0.15) is 5.56 Å². The number of hydrogen-bond donors (Lipinski definition) is 0. The standard InChI is InChI=1S/C12H8.Y/c1-2-10-7-8-11-5-3-4-6-12(11)9-10;/h1-6,8-9H;/q-2;. The molecule has 0 N–H and O–H groups in total. The van der Waals surface area contributed by atoms with Crippen molar-refractivity contribution in [1.82, 2.24) is 0 Å². The zero-order valence-electron chi connectivity index (χ0n) is 7.20. The molecule has 2 aromatic rings. The summed E-state index contributed by atoms with van der Waals surface area (Å²) in [6.45, 7) is 5.38. The molecule has 0 spiro atoms. The molecule has 1 heteroatoms. The first kappa shape index (κ1) is 10.6. The first-order valence-corrected chi connectivity index (χ1v) is 3.85. The topological polar surface area (TPSA) is 0 Å². The average molecular weight is 241 g/mol. The van der Waals surface area contributed by atoms with E-state index in [-0.39, 0.29) is 32.7 Å². The van der Waals surface area contributed by atoms with Crippen LogP contribution in [0.5, 0.6) is 0 Å². The molecular weight excluding hydrogens is 233 g/mol. The Morgan fingerprint density at radius 2 is 1.85 bits per heavy atom. The molecule has 0 aromatic heterocycles. The Hall–Kier alpha value is -0.456. The van der Waals surface area contributed by atoms with Crippen LogP contribution in [0.25, 0.3) is 16.8 Å². The molecular formula is C12H8Y-2. The minimum Gasteiger partial charge on any atom is -0.344 e. The van der Waals surface area contributed by atoms with Gasteiger partial charge in [0.25, 0.3) is 0 Å². The summed E-state index contributed by atoms with van der Waals surface area (Å²) < 4.78 is 0. The predicted molar refractivity (Wildman–Crippen MR) is 51.5 cm³/mol. The second-order valence-corrected chi connectivity index (χ2v) is 2.68.